The molecule has 1 unspecified atom stereocenters. The van der Waals surface area contributed by atoms with E-state index in [-0.39, 0.29) is 12.4 Å². The molecule has 0 saturated carbocycles. The molecule has 24 heavy (non-hydrogen) atoms. The number of hydrogen-bond donors (Lipinski definition) is 1. The molecular weight excluding hydrogens is 308 g/mol. The molecule has 0 amide bonds. The first kappa shape index (κ1) is 17.4. The van der Waals surface area contributed by atoms with E-state index in [4.69, 9.17) is 4.74 Å². The maximum atomic E-state index is 12.5. The lowest BCUT2D eigenvalue weighted by Crippen LogP contribution is -2.38. The van der Waals surface area contributed by atoms with Crippen molar-refractivity contribution in [3.05, 3.63) is 71.3 Å². The Morgan fingerprint density at radius 3 is 2.21 bits per heavy atom. The average Bonchev–Trinajstić information content (AvgIpc) is 2.59. The van der Waals surface area contributed by atoms with Crippen LogP contribution in [0.3, 0.4) is 0 Å². The van der Waals surface area contributed by atoms with Crippen molar-refractivity contribution in [1.82, 2.24) is 0 Å². The quantitative estimate of drug-likeness (QED) is 0.652. The molecule has 0 bridgehead atoms. The highest BCUT2D eigenvalue weighted by Crippen LogP contribution is 2.26. The van der Waals surface area contributed by atoms with E-state index in [2.05, 4.69) is 0 Å². The normalized spacial score (nSPS) is 12.9. The number of benzene rings is 2. The fourth-order valence-corrected chi connectivity index (χ4v) is 2.27. The van der Waals surface area contributed by atoms with Crippen LogP contribution in [0.1, 0.15) is 35.3 Å². The summed E-state index contributed by atoms with van der Waals surface area (Å²) in [7, 11) is 0. The van der Waals surface area contributed by atoms with Gasteiger partial charge in [-0.25, -0.2) is 0 Å². The second kappa shape index (κ2) is 7.08. The van der Waals surface area contributed by atoms with Gasteiger partial charge in [-0.2, -0.15) is 0 Å². The first-order valence-corrected chi connectivity index (χ1v) is 7.41. The van der Waals surface area contributed by atoms with Crippen LogP contribution < -0.4 is 0 Å². The third-order valence-corrected chi connectivity index (χ3v) is 3.83. The lowest BCUT2D eigenvalue weighted by atomic mass is 9.82. The Bertz CT molecular complexity index is 766. The number of carbonyl (C=O) groups is 3. The minimum atomic E-state index is -1.43. The van der Waals surface area contributed by atoms with Crippen LogP contribution >= 0.6 is 0 Å². The van der Waals surface area contributed by atoms with Crippen molar-refractivity contribution in [3.8, 4) is 0 Å². The summed E-state index contributed by atoms with van der Waals surface area (Å²) in [5.41, 5.74) is -0.128. The SMILES string of the molecule is CC(=O)OCC(C)(C(=O)O)c1cccc(C(=O)c2ccccc2)c1. The smallest absolute Gasteiger partial charge is 0.317 e. The summed E-state index contributed by atoms with van der Waals surface area (Å²) in [6, 6.07) is 15.1. The molecule has 2 aromatic rings. The van der Waals surface area contributed by atoms with Crippen LogP contribution in [0, 0.1) is 0 Å². The van der Waals surface area contributed by atoms with E-state index in [1.54, 1.807) is 42.5 Å². The Morgan fingerprint density at radius 1 is 1.00 bits per heavy atom. The number of aliphatic carboxylic acids is 1. The van der Waals surface area contributed by atoms with Gasteiger partial charge in [-0.15, -0.1) is 0 Å². The van der Waals surface area contributed by atoms with Gasteiger partial charge < -0.3 is 9.84 Å². The van der Waals surface area contributed by atoms with E-state index in [0.717, 1.165) is 0 Å². The van der Waals surface area contributed by atoms with Gasteiger partial charge in [0.25, 0.3) is 0 Å². The Balaban J connectivity index is 2.39. The van der Waals surface area contributed by atoms with E-state index in [1.165, 1.54) is 19.9 Å². The van der Waals surface area contributed by atoms with Crippen LogP contribution in [0.15, 0.2) is 54.6 Å². The van der Waals surface area contributed by atoms with Crippen LogP contribution in [0.5, 0.6) is 0 Å². The Hall–Kier alpha value is -2.95. The topological polar surface area (TPSA) is 80.7 Å². The van der Waals surface area contributed by atoms with Crippen molar-refractivity contribution < 1.29 is 24.2 Å². The molecule has 0 heterocycles. The van der Waals surface area contributed by atoms with Crippen molar-refractivity contribution in [1.29, 1.82) is 0 Å². The molecule has 0 radical (unpaired) electrons. The molecule has 0 spiro atoms. The van der Waals surface area contributed by atoms with E-state index in [9.17, 15) is 19.5 Å². The lowest BCUT2D eigenvalue weighted by molar-refractivity contribution is -0.151. The molecular formula is C19H18O5. The maximum Gasteiger partial charge on any atom is 0.317 e. The second-order valence-electron chi connectivity index (χ2n) is 5.69. The van der Waals surface area contributed by atoms with E-state index in [1.807, 2.05) is 6.07 Å². The van der Waals surface area contributed by atoms with Gasteiger partial charge in [0.1, 0.15) is 12.0 Å². The van der Waals surface area contributed by atoms with Crippen molar-refractivity contribution in [3.63, 3.8) is 0 Å². The zero-order valence-electron chi connectivity index (χ0n) is 13.5. The molecule has 0 aliphatic carbocycles. The second-order valence-corrected chi connectivity index (χ2v) is 5.69. The summed E-state index contributed by atoms with van der Waals surface area (Å²) in [6.45, 7) is 2.38. The Labute approximate surface area is 139 Å². The first-order chi connectivity index (χ1) is 11.3. The van der Waals surface area contributed by atoms with Crippen LogP contribution in [-0.2, 0) is 19.7 Å². The molecule has 0 saturated heterocycles. The third-order valence-electron chi connectivity index (χ3n) is 3.83. The summed E-state index contributed by atoms with van der Waals surface area (Å²) in [5, 5.41) is 9.57. The summed E-state index contributed by atoms with van der Waals surface area (Å²) < 4.78 is 4.90. The number of carbonyl (C=O) groups excluding carboxylic acids is 2. The van der Waals surface area contributed by atoms with E-state index < -0.39 is 17.4 Å². The number of carboxylic acids is 1. The monoisotopic (exact) mass is 326 g/mol. The van der Waals surface area contributed by atoms with Gasteiger partial charge in [0.15, 0.2) is 5.78 Å². The number of ether oxygens (including phenoxy) is 1. The fraction of sp³-hybridized carbons (Fsp3) is 0.211. The molecule has 5 nitrogen and oxygen atoms in total. The molecule has 5 heteroatoms. The van der Waals surface area contributed by atoms with Crippen molar-refractivity contribution in [2.45, 2.75) is 19.3 Å². The zero-order chi connectivity index (χ0) is 17.7. The van der Waals surface area contributed by atoms with Gasteiger partial charge in [0.05, 0.1) is 0 Å². The third kappa shape index (κ3) is 3.68. The van der Waals surface area contributed by atoms with Crippen LogP contribution in [0.4, 0.5) is 0 Å². The summed E-state index contributed by atoms with van der Waals surface area (Å²) in [6.07, 6.45) is 0. The van der Waals surface area contributed by atoms with Gasteiger partial charge in [-0.05, 0) is 18.6 Å². The predicted molar refractivity (Wildman–Crippen MR) is 87.9 cm³/mol. The molecule has 2 aromatic carbocycles. The minimum absolute atomic E-state index is 0.197. The summed E-state index contributed by atoms with van der Waals surface area (Å²) >= 11 is 0. The molecule has 1 N–H and O–H groups in total. The highest BCUT2D eigenvalue weighted by Gasteiger charge is 2.37. The van der Waals surface area contributed by atoms with Crippen molar-refractivity contribution in [2.75, 3.05) is 6.61 Å². The maximum absolute atomic E-state index is 12.5. The highest BCUT2D eigenvalue weighted by atomic mass is 16.5. The highest BCUT2D eigenvalue weighted by molar-refractivity contribution is 6.09. The number of hydrogen-bond acceptors (Lipinski definition) is 4. The first-order valence-electron chi connectivity index (χ1n) is 7.41. The minimum Gasteiger partial charge on any atom is -0.480 e. The molecule has 1 atom stereocenters. The van der Waals surface area contributed by atoms with Crippen molar-refractivity contribution in [2.24, 2.45) is 0 Å². The summed E-state index contributed by atoms with van der Waals surface area (Å²) in [5.74, 6) is -1.88. The fourth-order valence-electron chi connectivity index (χ4n) is 2.27. The number of carboxylic acid groups (broad SMARTS) is 1. The van der Waals surface area contributed by atoms with E-state index in [0.29, 0.717) is 16.7 Å². The van der Waals surface area contributed by atoms with Crippen LogP contribution in [-0.4, -0.2) is 29.4 Å². The Morgan fingerprint density at radius 2 is 1.62 bits per heavy atom. The molecule has 2 rings (SSSR count). The lowest BCUT2D eigenvalue weighted by Gasteiger charge is -2.25. The van der Waals surface area contributed by atoms with Crippen molar-refractivity contribution >= 4 is 17.7 Å². The molecule has 0 aliphatic rings. The summed E-state index contributed by atoms with van der Waals surface area (Å²) in [4.78, 5) is 35.3. The molecule has 0 aromatic heterocycles. The largest absolute Gasteiger partial charge is 0.480 e. The zero-order valence-corrected chi connectivity index (χ0v) is 13.5. The van der Waals surface area contributed by atoms with E-state index >= 15 is 0 Å². The van der Waals surface area contributed by atoms with Crippen LogP contribution in [0.25, 0.3) is 0 Å². The Kier molecular flexibility index (Phi) is 5.14. The van der Waals surface area contributed by atoms with Gasteiger partial charge in [0, 0.05) is 18.1 Å². The molecule has 0 fully saturated rings. The standard InChI is InChI=1S/C19H18O5/c1-13(20)24-12-19(2,18(22)23)16-10-6-9-15(11-16)17(21)14-7-4-3-5-8-14/h3-11H,12H2,1-2H3,(H,22,23). The molecule has 0 aliphatic heterocycles. The number of rotatable bonds is 6. The number of ketones is 1. The van der Waals surface area contributed by atoms with Crippen LogP contribution in [0.2, 0.25) is 0 Å². The van der Waals surface area contributed by atoms with Gasteiger partial charge in [-0.1, -0.05) is 48.5 Å². The predicted octanol–water partition coefficient (Wildman–Crippen LogP) is 2.82. The number of esters is 1. The van der Waals surface area contributed by atoms with Gasteiger partial charge in [-0.3, -0.25) is 14.4 Å². The average molecular weight is 326 g/mol. The van der Waals surface area contributed by atoms with Gasteiger partial charge >= 0.3 is 11.9 Å². The van der Waals surface area contributed by atoms with Gasteiger partial charge in [0.2, 0.25) is 0 Å². The molecule has 124 valence electrons.